The van der Waals surface area contributed by atoms with E-state index in [2.05, 4.69) is 58.1 Å². The van der Waals surface area contributed by atoms with Crippen molar-refractivity contribution in [3.63, 3.8) is 0 Å². The number of pyridine rings is 2. The summed E-state index contributed by atoms with van der Waals surface area (Å²) in [5, 5.41) is 7.68. The first-order valence-electron chi connectivity index (χ1n) is 11.9. The Bertz CT molecular complexity index is 1190. The van der Waals surface area contributed by atoms with Crippen LogP contribution in [-0.4, -0.2) is 75.1 Å². The Labute approximate surface area is 209 Å². The van der Waals surface area contributed by atoms with Crippen molar-refractivity contribution in [1.82, 2.24) is 24.8 Å². The molecule has 3 aromatic heterocycles. The molecule has 0 spiro atoms. The molecule has 0 aliphatic carbocycles. The van der Waals surface area contributed by atoms with Crippen LogP contribution in [0.25, 0.3) is 10.3 Å². The molecule has 0 saturated carbocycles. The highest BCUT2D eigenvalue weighted by Crippen LogP contribution is 2.28. The molecular formula is C25H31N7O2S. The lowest BCUT2D eigenvalue weighted by Crippen LogP contribution is -2.47. The van der Waals surface area contributed by atoms with Gasteiger partial charge in [0.1, 0.15) is 22.0 Å². The van der Waals surface area contributed by atoms with Crippen LogP contribution < -0.4 is 10.6 Å². The third-order valence-corrected chi connectivity index (χ3v) is 7.12. The average molecular weight is 494 g/mol. The van der Waals surface area contributed by atoms with E-state index in [-0.39, 0.29) is 17.6 Å². The maximum atomic E-state index is 12.0. The summed E-state index contributed by atoms with van der Waals surface area (Å²) in [5.41, 5.74) is 1.86. The van der Waals surface area contributed by atoms with Crippen molar-refractivity contribution in [2.75, 3.05) is 43.4 Å². The topological polar surface area (TPSA) is 95.5 Å². The van der Waals surface area contributed by atoms with Crippen molar-refractivity contribution in [2.24, 2.45) is 0 Å². The molecule has 2 aliphatic heterocycles. The minimum absolute atomic E-state index is 0.0299. The number of aromatic nitrogens is 3. The van der Waals surface area contributed by atoms with Crippen LogP contribution in [0.2, 0.25) is 0 Å². The lowest BCUT2D eigenvalue weighted by Gasteiger charge is -2.38. The lowest BCUT2D eigenvalue weighted by molar-refractivity contribution is -0.125. The zero-order chi connectivity index (χ0) is 24.4. The monoisotopic (exact) mass is 493 g/mol. The second-order valence-electron chi connectivity index (χ2n) is 9.65. The van der Waals surface area contributed by atoms with Gasteiger partial charge in [-0.25, -0.2) is 15.0 Å². The Morgan fingerprint density at radius 2 is 2.17 bits per heavy atom. The van der Waals surface area contributed by atoms with Crippen molar-refractivity contribution in [3.05, 3.63) is 48.7 Å². The maximum Gasteiger partial charge on any atom is 0.246 e. The number of amides is 1. The third kappa shape index (κ3) is 5.77. The highest BCUT2D eigenvalue weighted by atomic mass is 32.1. The van der Waals surface area contributed by atoms with E-state index in [9.17, 15) is 4.79 Å². The van der Waals surface area contributed by atoms with Crippen LogP contribution in [0.1, 0.15) is 25.8 Å². The summed E-state index contributed by atoms with van der Waals surface area (Å²) in [6, 6.07) is 8.17. The molecule has 9 nitrogen and oxygen atoms in total. The number of carbonyl (C=O) groups is 1. The van der Waals surface area contributed by atoms with E-state index in [0.717, 1.165) is 71.9 Å². The van der Waals surface area contributed by atoms with Crippen LogP contribution in [0.3, 0.4) is 0 Å². The Morgan fingerprint density at radius 1 is 1.31 bits per heavy atom. The van der Waals surface area contributed by atoms with Gasteiger partial charge in [-0.1, -0.05) is 17.9 Å². The Morgan fingerprint density at radius 3 is 2.97 bits per heavy atom. The van der Waals surface area contributed by atoms with Crippen molar-refractivity contribution in [3.8, 4) is 0 Å². The first kappa shape index (κ1) is 23.7. The van der Waals surface area contributed by atoms with Crippen molar-refractivity contribution >= 4 is 44.4 Å². The van der Waals surface area contributed by atoms with Crippen LogP contribution in [0.4, 0.5) is 16.8 Å². The molecule has 184 valence electrons. The molecular weight excluding hydrogens is 462 g/mol. The summed E-state index contributed by atoms with van der Waals surface area (Å²) < 4.78 is 5.89. The largest absolute Gasteiger partial charge is 0.373 e. The zero-order valence-corrected chi connectivity index (χ0v) is 21.0. The summed E-state index contributed by atoms with van der Waals surface area (Å²) in [7, 11) is 0. The zero-order valence-electron chi connectivity index (χ0n) is 20.2. The molecule has 1 unspecified atom stereocenters. The molecule has 0 bridgehead atoms. The van der Waals surface area contributed by atoms with Gasteiger partial charge >= 0.3 is 0 Å². The molecule has 2 aliphatic rings. The summed E-state index contributed by atoms with van der Waals surface area (Å²) >= 11 is 1.50. The molecule has 0 radical (unpaired) electrons. The number of hydrogen-bond acceptors (Lipinski definition) is 9. The Kier molecular flexibility index (Phi) is 6.68. The van der Waals surface area contributed by atoms with Gasteiger partial charge in [-0.05, 0) is 56.2 Å². The number of nitrogens with zero attached hydrogens (tertiary/aromatic N) is 5. The van der Waals surface area contributed by atoms with Gasteiger partial charge in [0.05, 0.1) is 12.2 Å². The summed E-state index contributed by atoms with van der Waals surface area (Å²) in [6.07, 6.45) is 4.02. The van der Waals surface area contributed by atoms with E-state index < -0.39 is 0 Å². The van der Waals surface area contributed by atoms with Crippen molar-refractivity contribution < 1.29 is 9.53 Å². The number of morpholine rings is 1. The number of anilines is 3. The van der Waals surface area contributed by atoms with E-state index in [1.165, 1.54) is 17.4 Å². The highest BCUT2D eigenvalue weighted by molar-refractivity contribution is 7.21. The normalized spacial score (nSPS) is 20.2. The van der Waals surface area contributed by atoms with E-state index >= 15 is 0 Å². The van der Waals surface area contributed by atoms with Crippen molar-refractivity contribution in [2.45, 2.75) is 38.5 Å². The Balaban J connectivity index is 1.37. The van der Waals surface area contributed by atoms with Gasteiger partial charge < -0.3 is 20.3 Å². The predicted octanol–water partition coefficient (Wildman–Crippen LogP) is 3.64. The molecule has 1 amide bonds. The number of rotatable bonds is 7. The fourth-order valence-electron chi connectivity index (χ4n) is 4.67. The summed E-state index contributed by atoms with van der Waals surface area (Å²) in [6.45, 7) is 12.5. The average Bonchev–Trinajstić information content (AvgIpc) is 3.44. The number of fused-ring (bicyclic) bond motifs is 1. The second-order valence-corrected chi connectivity index (χ2v) is 10.6. The molecule has 35 heavy (non-hydrogen) atoms. The fraction of sp³-hybridized carbons (Fsp3) is 0.440. The molecule has 5 rings (SSSR count). The van der Waals surface area contributed by atoms with Crippen molar-refractivity contribution in [1.29, 1.82) is 0 Å². The minimum Gasteiger partial charge on any atom is -0.373 e. The SMILES string of the molecule is C=CC(=O)N1CCC(Nc2cc(CN3CCOC(C)(C)C3)cc(Nc3nc4cccnc4s3)n2)C1. The number of thiazole rings is 1. The van der Waals surface area contributed by atoms with Gasteiger partial charge in [0, 0.05) is 45.0 Å². The van der Waals surface area contributed by atoms with E-state index in [1.807, 2.05) is 17.0 Å². The summed E-state index contributed by atoms with van der Waals surface area (Å²) in [4.78, 5) is 31.0. The van der Waals surface area contributed by atoms with Crippen LogP contribution in [0, 0.1) is 0 Å². The first-order chi connectivity index (χ1) is 16.9. The molecule has 0 aromatic carbocycles. The standard InChI is InChI=1S/C25H31N7O2S/c1-4-22(33)32-9-7-18(15-32)27-20-12-17(14-31-10-11-34-25(2,3)16-31)13-21(29-20)30-24-28-19-6-5-8-26-23(19)35-24/h4-6,8,12-13,18H,1,7,9-11,14-16H2,2-3H3,(H2,27,28,29,30). The highest BCUT2D eigenvalue weighted by Gasteiger charge is 2.28. The van der Waals surface area contributed by atoms with Crippen LogP contribution in [0.5, 0.6) is 0 Å². The number of hydrogen-bond donors (Lipinski definition) is 2. The minimum atomic E-state index is -0.160. The number of nitrogens with one attached hydrogen (secondary N) is 2. The molecule has 2 saturated heterocycles. The lowest BCUT2D eigenvalue weighted by atomic mass is 10.1. The Hall–Kier alpha value is -3.08. The molecule has 1 atom stereocenters. The predicted molar refractivity (Wildman–Crippen MR) is 139 cm³/mol. The maximum absolute atomic E-state index is 12.0. The quantitative estimate of drug-likeness (QED) is 0.482. The van der Waals surface area contributed by atoms with Gasteiger partial charge in [0.2, 0.25) is 5.91 Å². The third-order valence-electron chi connectivity index (χ3n) is 6.22. The van der Waals surface area contributed by atoms with Gasteiger partial charge in [0.15, 0.2) is 5.13 Å². The van der Waals surface area contributed by atoms with E-state index in [0.29, 0.717) is 6.54 Å². The molecule has 2 N–H and O–H groups in total. The smallest absolute Gasteiger partial charge is 0.246 e. The van der Waals surface area contributed by atoms with E-state index in [4.69, 9.17) is 9.72 Å². The van der Waals surface area contributed by atoms with E-state index in [1.54, 1.807) is 6.20 Å². The first-order valence-corrected chi connectivity index (χ1v) is 12.7. The van der Waals surface area contributed by atoms with Gasteiger partial charge in [-0.2, -0.15) is 0 Å². The molecule has 2 fully saturated rings. The van der Waals surface area contributed by atoms with Crippen LogP contribution in [0.15, 0.2) is 43.1 Å². The van der Waals surface area contributed by atoms with Gasteiger partial charge in [0.25, 0.3) is 0 Å². The van der Waals surface area contributed by atoms with Crippen LogP contribution >= 0.6 is 11.3 Å². The number of ether oxygens (including phenoxy) is 1. The molecule has 5 heterocycles. The second kappa shape index (κ2) is 9.88. The van der Waals surface area contributed by atoms with Gasteiger partial charge in [-0.3, -0.25) is 9.69 Å². The fourth-order valence-corrected chi connectivity index (χ4v) is 5.49. The van der Waals surface area contributed by atoms with Gasteiger partial charge in [-0.15, -0.1) is 0 Å². The number of carbonyl (C=O) groups excluding carboxylic acids is 1. The summed E-state index contributed by atoms with van der Waals surface area (Å²) in [5.74, 6) is 1.49. The molecule has 3 aromatic rings. The van der Waals surface area contributed by atoms with Crippen LogP contribution in [-0.2, 0) is 16.1 Å². The molecule has 10 heteroatoms. The number of likely N-dealkylation sites (tertiary alicyclic amines) is 1.